The van der Waals surface area contributed by atoms with E-state index in [9.17, 15) is 14.3 Å². The normalized spacial score (nSPS) is 10.2. The molecule has 2 aromatic rings. The van der Waals surface area contributed by atoms with Crippen LogP contribution in [0, 0.1) is 5.82 Å². The maximum absolute atomic E-state index is 13.7. The number of carbonyl (C=O) groups is 1. The second kappa shape index (κ2) is 5.48. The van der Waals surface area contributed by atoms with Crippen molar-refractivity contribution in [2.45, 2.75) is 6.92 Å². The van der Waals surface area contributed by atoms with E-state index in [1.165, 1.54) is 30.6 Å². The monoisotopic (exact) mass is 261 g/mol. The summed E-state index contributed by atoms with van der Waals surface area (Å²) < 4.78 is 18.5. The number of pyridine rings is 1. The second-order valence-corrected chi connectivity index (χ2v) is 3.85. The van der Waals surface area contributed by atoms with Gasteiger partial charge < -0.3 is 9.84 Å². The average Bonchev–Trinajstić information content (AvgIpc) is 2.42. The van der Waals surface area contributed by atoms with Crippen molar-refractivity contribution in [3.63, 3.8) is 0 Å². The molecule has 0 bridgehead atoms. The molecule has 0 aliphatic heterocycles. The van der Waals surface area contributed by atoms with Crippen LogP contribution in [0.2, 0.25) is 0 Å². The van der Waals surface area contributed by atoms with Gasteiger partial charge in [-0.2, -0.15) is 0 Å². The predicted octanol–water partition coefficient (Wildman–Crippen LogP) is 2.77. The Kier molecular flexibility index (Phi) is 3.75. The van der Waals surface area contributed by atoms with Crippen molar-refractivity contribution in [1.29, 1.82) is 0 Å². The summed E-state index contributed by atoms with van der Waals surface area (Å²) in [4.78, 5) is 15.5. The van der Waals surface area contributed by atoms with Crippen LogP contribution in [0.25, 0.3) is 11.1 Å². The molecule has 0 atom stereocenters. The summed E-state index contributed by atoms with van der Waals surface area (Å²) in [6.07, 6.45) is 2.77. The van der Waals surface area contributed by atoms with E-state index < -0.39 is 11.8 Å². The van der Waals surface area contributed by atoms with Crippen molar-refractivity contribution in [1.82, 2.24) is 4.98 Å². The van der Waals surface area contributed by atoms with Gasteiger partial charge in [0.15, 0.2) is 0 Å². The van der Waals surface area contributed by atoms with Crippen LogP contribution in [0.3, 0.4) is 0 Å². The van der Waals surface area contributed by atoms with Gasteiger partial charge in [0.1, 0.15) is 11.6 Å². The number of aromatic hydroxyl groups is 1. The Morgan fingerprint density at radius 3 is 2.89 bits per heavy atom. The first-order chi connectivity index (χ1) is 9.11. The summed E-state index contributed by atoms with van der Waals surface area (Å²) in [6, 6.07) is 5.16. The van der Waals surface area contributed by atoms with Crippen molar-refractivity contribution in [3.8, 4) is 16.9 Å². The molecule has 0 radical (unpaired) electrons. The molecule has 0 saturated carbocycles. The van der Waals surface area contributed by atoms with Crippen LogP contribution in [0.15, 0.2) is 36.7 Å². The fraction of sp³-hybridized carbons (Fsp3) is 0.143. The number of rotatable bonds is 3. The first kappa shape index (κ1) is 13.0. The number of phenols is 1. The van der Waals surface area contributed by atoms with Crippen LogP contribution < -0.4 is 0 Å². The molecule has 98 valence electrons. The fourth-order valence-electron chi connectivity index (χ4n) is 1.65. The summed E-state index contributed by atoms with van der Waals surface area (Å²) in [6.45, 7) is 1.95. The minimum atomic E-state index is -0.516. The Morgan fingerprint density at radius 2 is 2.16 bits per heavy atom. The first-order valence-electron chi connectivity index (χ1n) is 5.73. The SMILES string of the molecule is CCOC(=O)c1cncc(-c2cc(O)ccc2F)c1. The van der Waals surface area contributed by atoms with E-state index in [0.29, 0.717) is 5.56 Å². The average molecular weight is 261 g/mol. The molecule has 19 heavy (non-hydrogen) atoms. The zero-order valence-electron chi connectivity index (χ0n) is 10.3. The fourth-order valence-corrected chi connectivity index (χ4v) is 1.65. The molecule has 4 nitrogen and oxygen atoms in total. The molecule has 0 unspecified atom stereocenters. The van der Waals surface area contributed by atoms with Crippen molar-refractivity contribution in [2.75, 3.05) is 6.61 Å². The van der Waals surface area contributed by atoms with E-state index in [4.69, 9.17) is 4.74 Å². The largest absolute Gasteiger partial charge is 0.508 e. The molecule has 0 fully saturated rings. The van der Waals surface area contributed by atoms with Crippen molar-refractivity contribution < 1.29 is 19.0 Å². The molecule has 2 rings (SSSR count). The lowest BCUT2D eigenvalue weighted by atomic mass is 10.1. The van der Waals surface area contributed by atoms with Gasteiger partial charge in [0, 0.05) is 23.5 Å². The minimum absolute atomic E-state index is 0.0575. The van der Waals surface area contributed by atoms with Gasteiger partial charge in [0.25, 0.3) is 0 Å². The Morgan fingerprint density at radius 1 is 1.37 bits per heavy atom. The zero-order valence-corrected chi connectivity index (χ0v) is 10.3. The molecule has 0 aliphatic rings. The Balaban J connectivity index is 2.43. The van der Waals surface area contributed by atoms with Gasteiger partial charge in [-0.1, -0.05) is 0 Å². The minimum Gasteiger partial charge on any atom is -0.508 e. The van der Waals surface area contributed by atoms with Crippen LogP contribution >= 0.6 is 0 Å². The third kappa shape index (κ3) is 2.88. The smallest absolute Gasteiger partial charge is 0.339 e. The van der Waals surface area contributed by atoms with Crippen LogP contribution in [0.5, 0.6) is 5.75 Å². The predicted molar refractivity (Wildman–Crippen MR) is 67.3 cm³/mol. The maximum Gasteiger partial charge on any atom is 0.339 e. The summed E-state index contributed by atoms with van der Waals surface area (Å²) in [5.41, 5.74) is 0.819. The van der Waals surface area contributed by atoms with E-state index >= 15 is 0 Å². The van der Waals surface area contributed by atoms with Gasteiger partial charge in [0.2, 0.25) is 0 Å². The Hall–Kier alpha value is -2.43. The number of ether oxygens (including phenoxy) is 1. The summed E-state index contributed by atoms with van der Waals surface area (Å²) in [5, 5.41) is 9.38. The van der Waals surface area contributed by atoms with Crippen molar-refractivity contribution in [3.05, 3.63) is 48.0 Å². The molecule has 0 spiro atoms. The van der Waals surface area contributed by atoms with Crippen LogP contribution in [-0.2, 0) is 4.74 Å². The molecule has 5 heteroatoms. The molecule has 1 heterocycles. The summed E-state index contributed by atoms with van der Waals surface area (Å²) >= 11 is 0. The lowest BCUT2D eigenvalue weighted by molar-refractivity contribution is 0.0526. The summed E-state index contributed by atoms with van der Waals surface area (Å²) in [5.74, 6) is -1.07. The molecule has 0 aliphatic carbocycles. The number of aromatic nitrogens is 1. The van der Waals surface area contributed by atoms with E-state index in [0.717, 1.165) is 6.07 Å². The van der Waals surface area contributed by atoms with E-state index in [2.05, 4.69) is 4.98 Å². The topological polar surface area (TPSA) is 59.4 Å². The standard InChI is InChI=1S/C14H12FNO3/c1-2-19-14(18)10-5-9(7-16-8-10)12-6-11(17)3-4-13(12)15/h3-8,17H,2H2,1H3. The van der Waals surface area contributed by atoms with Crippen LogP contribution in [0.1, 0.15) is 17.3 Å². The van der Waals surface area contributed by atoms with E-state index in [1.807, 2.05) is 0 Å². The second-order valence-electron chi connectivity index (χ2n) is 3.85. The van der Waals surface area contributed by atoms with Gasteiger partial charge in [-0.3, -0.25) is 4.98 Å². The number of carbonyl (C=O) groups excluding carboxylic acids is 1. The van der Waals surface area contributed by atoms with Crippen molar-refractivity contribution in [2.24, 2.45) is 0 Å². The van der Waals surface area contributed by atoms with E-state index in [-0.39, 0.29) is 23.5 Å². The van der Waals surface area contributed by atoms with E-state index in [1.54, 1.807) is 6.92 Å². The molecular formula is C14H12FNO3. The highest BCUT2D eigenvalue weighted by molar-refractivity contribution is 5.90. The van der Waals surface area contributed by atoms with Gasteiger partial charge in [-0.05, 0) is 31.2 Å². The summed E-state index contributed by atoms with van der Waals surface area (Å²) in [7, 11) is 0. The number of phenolic OH excluding ortho intramolecular Hbond substituents is 1. The first-order valence-corrected chi connectivity index (χ1v) is 5.73. The third-order valence-corrected chi connectivity index (χ3v) is 2.51. The molecule has 1 N–H and O–H groups in total. The van der Waals surface area contributed by atoms with Crippen LogP contribution in [0.4, 0.5) is 4.39 Å². The molecule has 0 amide bonds. The number of benzene rings is 1. The molecular weight excluding hydrogens is 249 g/mol. The lowest BCUT2D eigenvalue weighted by Crippen LogP contribution is -2.05. The number of hydrogen-bond donors (Lipinski definition) is 1. The molecule has 1 aromatic heterocycles. The number of hydrogen-bond acceptors (Lipinski definition) is 4. The van der Waals surface area contributed by atoms with Gasteiger partial charge in [-0.15, -0.1) is 0 Å². The Bertz CT molecular complexity index is 613. The highest BCUT2D eigenvalue weighted by Crippen LogP contribution is 2.26. The van der Waals surface area contributed by atoms with Gasteiger partial charge in [-0.25, -0.2) is 9.18 Å². The number of halogens is 1. The van der Waals surface area contributed by atoms with Gasteiger partial charge in [0.05, 0.1) is 12.2 Å². The molecule has 1 aromatic carbocycles. The highest BCUT2D eigenvalue weighted by Gasteiger charge is 2.11. The Labute approximate surface area is 109 Å². The highest BCUT2D eigenvalue weighted by atomic mass is 19.1. The zero-order chi connectivity index (χ0) is 13.8. The van der Waals surface area contributed by atoms with Crippen LogP contribution in [-0.4, -0.2) is 22.7 Å². The lowest BCUT2D eigenvalue weighted by Gasteiger charge is -2.06. The third-order valence-electron chi connectivity index (χ3n) is 2.51. The number of esters is 1. The van der Waals surface area contributed by atoms with Crippen molar-refractivity contribution >= 4 is 5.97 Å². The van der Waals surface area contributed by atoms with Gasteiger partial charge >= 0.3 is 5.97 Å². The quantitative estimate of drug-likeness (QED) is 0.863. The number of nitrogens with zero attached hydrogens (tertiary/aromatic N) is 1. The molecule has 0 saturated heterocycles. The maximum atomic E-state index is 13.7.